The van der Waals surface area contributed by atoms with Crippen LogP contribution in [0.25, 0.3) is 0 Å². The molecule has 1 aromatic carbocycles. The maximum atomic E-state index is 3.24. The van der Waals surface area contributed by atoms with Crippen molar-refractivity contribution in [2.24, 2.45) is 0 Å². The quantitative estimate of drug-likeness (QED) is 0.738. The van der Waals surface area contributed by atoms with Crippen LogP contribution >= 0.6 is 12.4 Å². The lowest BCUT2D eigenvalue weighted by molar-refractivity contribution is 0.638. The lowest BCUT2D eigenvalue weighted by Gasteiger charge is -2.01. The molecule has 1 rings (SSSR count). The van der Waals surface area contributed by atoms with Crippen molar-refractivity contribution in [1.29, 1.82) is 0 Å². The summed E-state index contributed by atoms with van der Waals surface area (Å²) in [6, 6.07) is 10.5. The van der Waals surface area contributed by atoms with Crippen LogP contribution in [0.15, 0.2) is 30.3 Å². The van der Waals surface area contributed by atoms with Crippen molar-refractivity contribution in [3.05, 3.63) is 35.9 Å². The van der Waals surface area contributed by atoms with Crippen LogP contribution in [0.3, 0.4) is 0 Å². The number of hydrogen-bond donors (Lipinski definition) is 1. The van der Waals surface area contributed by atoms with Gasteiger partial charge in [0.05, 0.1) is 6.54 Å². The summed E-state index contributed by atoms with van der Waals surface area (Å²) in [5.74, 6) is 6.16. The highest BCUT2D eigenvalue weighted by atomic mass is 35.5. The van der Waals surface area contributed by atoms with E-state index in [1.165, 1.54) is 0 Å². The molecule has 0 aliphatic rings. The molecular formula is C12H16ClN. The van der Waals surface area contributed by atoms with E-state index in [4.69, 9.17) is 0 Å². The molecule has 0 aliphatic carbocycles. The minimum absolute atomic E-state index is 0. The van der Waals surface area contributed by atoms with Gasteiger partial charge in [0.2, 0.25) is 0 Å². The second-order valence-electron chi connectivity index (χ2n) is 3.20. The lowest BCUT2D eigenvalue weighted by atomic mass is 10.2. The minimum atomic E-state index is 0. The zero-order valence-corrected chi connectivity index (χ0v) is 9.40. The second kappa shape index (κ2) is 7.44. The Morgan fingerprint density at radius 2 is 1.86 bits per heavy atom. The predicted molar refractivity (Wildman–Crippen MR) is 63.7 cm³/mol. The Morgan fingerprint density at radius 3 is 2.43 bits per heavy atom. The fraction of sp³-hybridized carbons (Fsp3) is 0.333. The fourth-order valence-corrected chi connectivity index (χ4v) is 0.923. The van der Waals surface area contributed by atoms with E-state index in [-0.39, 0.29) is 12.4 Å². The molecule has 0 unspecified atom stereocenters. The number of nitrogens with one attached hydrogen (secondary N) is 1. The molecule has 0 aliphatic heterocycles. The van der Waals surface area contributed by atoms with Crippen LogP contribution in [0.5, 0.6) is 0 Å². The zero-order valence-electron chi connectivity index (χ0n) is 8.58. The summed E-state index contributed by atoms with van der Waals surface area (Å²) in [4.78, 5) is 0. The maximum Gasteiger partial charge on any atom is 0.0582 e. The van der Waals surface area contributed by atoms with Crippen molar-refractivity contribution in [2.75, 3.05) is 6.54 Å². The molecule has 0 saturated heterocycles. The largest absolute Gasteiger partial charge is 0.304 e. The minimum Gasteiger partial charge on any atom is -0.304 e. The van der Waals surface area contributed by atoms with Crippen molar-refractivity contribution in [3.63, 3.8) is 0 Å². The van der Waals surface area contributed by atoms with Gasteiger partial charge < -0.3 is 5.32 Å². The lowest BCUT2D eigenvalue weighted by Crippen LogP contribution is -2.22. The Labute approximate surface area is 92.3 Å². The molecular weight excluding hydrogens is 194 g/mol. The molecule has 0 heterocycles. The molecule has 0 bridgehead atoms. The Hall–Kier alpha value is -0.970. The Morgan fingerprint density at radius 1 is 1.21 bits per heavy atom. The van der Waals surface area contributed by atoms with Crippen LogP contribution in [-0.4, -0.2) is 12.6 Å². The number of halogens is 1. The third-order valence-electron chi connectivity index (χ3n) is 1.61. The summed E-state index contributed by atoms with van der Waals surface area (Å²) in [7, 11) is 0. The second-order valence-corrected chi connectivity index (χ2v) is 3.20. The van der Waals surface area contributed by atoms with E-state index in [1.807, 2.05) is 30.3 Å². The molecule has 0 radical (unpaired) electrons. The highest BCUT2D eigenvalue weighted by Crippen LogP contribution is 1.94. The Kier molecular flexibility index (Phi) is 6.92. The van der Waals surface area contributed by atoms with Gasteiger partial charge in [0, 0.05) is 11.6 Å². The molecule has 0 spiro atoms. The molecule has 1 nitrogen and oxygen atoms in total. The first-order chi connectivity index (χ1) is 6.29. The van der Waals surface area contributed by atoms with E-state index in [1.54, 1.807) is 0 Å². The molecule has 0 atom stereocenters. The fourth-order valence-electron chi connectivity index (χ4n) is 0.923. The van der Waals surface area contributed by atoms with Gasteiger partial charge in [-0.1, -0.05) is 30.0 Å². The van der Waals surface area contributed by atoms with Crippen molar-refractivity contribution >= 4 is 12.4 Å². The van der Waals surface area contributed by atoms with E-state index in [9.17, 15) is 0 Å². The van der Waals surface area contributed by atoms with Gasteiger partial charge in [0.1, 0.15) is 0 Å². The summed E-state index contributed by atoms with van der Waals surface area (Å²) < 4.78 is 0. The van der Waals surface area contributed by atoms with Crippen LogP contribution in [0.2, 0.25) is 0 Å². The SMILES string of the molecule is CC(C)NCC#Cc1ccccc1.Cl. The van der Waals surface area contributed by atoms with Gasteiger partial charge >= 0.3 is 0 Å². The summed E-state index contributed by atoms with van der Waals surface area (Å²) in [5.41, 5.74) is 1.08. The zero-order chi connectivity index (χ0) is 9.52. The van der Waals surface area contributed by atoms with Crippen LogP contribution < -0.4 is 5.32 Å². The molecule has 2 heteroatoms. The Balaban J connectivity index is 0.00000169. The van der Waals surface area contributed by atoms with Crippen molar-refractivity contribution in [1.82, 2.24) is 5.32 Å². The molecule has 1 N–H and O–H groups in total. The van der Waals surface area contributed by atoms with Gasteiger partial charge in [-0.25, -0.2) is 0 Å². The van der Waals surface area contributed by atoms with Gasteiger partial charge in [0.25, 0.3) is 0 Å². The molecule has 14 heavy (non-hydrogen) atoms. The highest BCUT2D eigenvalue weighted by Gasteiger charge is 1.86. The van der Waals surface area contributed by atoms with E-state index in [2.05, 4.69) is 31.0 Å². The van der Waals surface area contributed by atoms with Crippen molar-refractivity contribution in [2.45, 2.75) is 19.9 Å². The normalized spacial score (nSPS) is 8.79. The van der Waals surface area contributed by atoms with E-state index in [0.29, 0.717) is 6.04 Å². The maximum absolute atomic E-state index is 3.24. The molecule has 76 valence electrons. The molecule has 0 aromatic heterocycles. The van der Waals surface area contributed by atoms with Gasteiger partial charge in [-0.3, -0.25) is 0 Å². The van der Waals surface area contributed by atoms with Crippen LogP contribution in [0, 0.1) is 11.8 Å². The third kappa shape index (κ3) is 5.64. The summed E-state index contributed by atoms with van der Waals surface area (Å²) >= 11 is 0. The van der Waals surface area contributed by atoms with Gasteiger partial charge in [-0.2, -0.15) is 0 Å². The van der Waals surface area contributed by atoms with Gasteiger partial charge in [-0.15, -0.1) is 12.4 Å². The van der Waals surface area contributed by atoms with Crippen LogP contribution in [0.4, 0.5) is 0 Å². The average molecular weight is 210 g/mol. The topological polar surface area (TPSA) is 12.0 Å². The van der Waals surface area contributed by atoms with E-state index < -0.39 is 0 Å². The number of benzene rings is 1. The van der Waals surface area contributed by atoms with Gasteiger partial charge in [0.15, 0.2) is 0 Å². The highest BCUT2D eigenvalue weighted by molar-refractivity contribution is 5.85. The standard InChI is InChI=1S/C12H15N.ClH/c1-11(2)13-10-6-9-12-7-4-3-5-8-12;/h3-5,7-8,11,13H,10H2,1-2H3;1H. The average Bonchev–Trinajstić information content (AvgIpc) is 2.14. The molecule has 0 saturated carbocycles. The van der Waals surface area contributed by atoms with Crippen LogP contribution in [0.1, 0.15) is 19.4 Å². The van der Waals surface area contributed by atoms with E-state index in [0.717, 1.165) is 12.1 Å². The predicted octanol–water partition coefficient (Wildman–Crippen LogP) is 2.46. The monoisotopic (exact) mass is 209 g/mol. The van der Waals surface area contributed by atoms with Crippen molar-refractivity contribution in [3.8, 4) is 11.8 Å². The summed E-state index contributed by atoms with van der Waals surface area (Å²) in [6.07, 6.45) is 0. The smallest absolute Gasteiger partial charge is 0.0582 e. The van der Waals surface area contributed by atoms with Gasteiger partial charge in [-0.05, 0) is 26.0 Å². The Bertz CT molecular complexity index is 295. The summed E-state index contributed by atoms with van der Waals surface area (Å²) in [5, 5.41) is 3.24. The van der Waals surface area contributed by atoms with E-state index >= 15 is 0 Å². The number of rotatable bonds is 2. The first-order valence-corrected chi connectivity index (χ1v) is 4.56. The first-order valence-electron chi connectivity index (χ1n) is 4.56. The van der Waals surface area contributed by atoms with Crippen molar-refractivity contribution < 1.29 is 0 Å². The molecule has 1 aromatic rings. The third-order valence-corrected chi connectivity index (χ3v) is 1.61. The number of hydrogen-bond acceptors (Lipinski definition) is 1. The summed E-state index contributed by atoms with van der Waals surface area (Å²) in [6.45, 7) is 4.99. The molecule has 0 amide bonds. The molecule has 0 fully saturated rings. The first kappa shape index (κ1) is 13.0. The van der Waals surface area contributed by atoms with Crippen LogP contribution in [-0.2, 0) is 0 Å².